The fourth-order valence-electron chi connectivity index (χ4n) is 2.81. The summed E-state index contributed by atoms with van der Waals surface area (Å²) in [5.74, 6) is 0.633. The maximum Gasteiger partial charge on any atom is 0.225 e. The second-order valence-corrected chi connectivity index (χ2v) is 5.87. The molecule has 0 spiro atoms. The van der Waals surface area contributed by atoms with Gasteiger partial charge in [-0.3, -0.25) is 4.79 Å². The van der Waals surface area contributed by atoms with Gasteiger partial charge in [0.2, 0.25) is 11.9 Å². The third-order valence-corrected chi connectivity index (χ3v) is 3.90. The van der Waals surface area contributed by atoms with Crippen LogP contribution < -0.4 is 10.2 Å². The van der Waals surface area contributed by atoms with Crippen LogP contribution in [-0.2, 0) is 4.79 Å². The fraction of sp³-hybridized carbons (Fsp3) is 0.667. The number of piperidine rings is 1. The standard InChI is InChI=1S/C15H24N4O2/c1-11-9-12(2)18-14(17-11)19-8-4-6-15(21,10-19)7-5-13(20)16-3/h9,21H,4-8,10H2,1-3H3,(H,16,20)/t15-/m1/s1. The second kappa shape index (κ2) is 6.39. The number of carbonyl (C=O) groups excluding carboxylic acids is 1. The minimum atomic E-state index is -0.841. The van der Waals surface area contributed by atoms with Crippen molar-refractivity contribution in [2.75, 3.05) is 25.0 Å². The van der Waals surface area contributed by atoms with E-state index >= 15 is 0 Å². The molecule has 1 saturated heterocycles. The van der Waals surface area contributed by atoms with Crippen LogP contribution >= 0.6 is 0 Å². The molecule has 0 aromatic carbocycles. The molecule has 1 aliphatic heterocycles. The van der Waals surface area contributed by atoms with Crippen molar-refractivity contribution in [2.45, 2.75) is 45.1 Å². The smallest absolute Gasteiger partial charge is 0.225 e. The fourth-order valence-corrected chi connectivity index (χ4v) is 2.81. The van der Waals surface area contributed by atoms with Gasteiger partial charge in [-0.25, -0.2) is 9.97 Å². The molecule has 1 amide bonds. The van der Waals surface area contributed by atoms with Gasteiger partial charge in [0.25, 0.3) is 0 Å². The molecule has 2 rings (SSSR count). The number of hydrogen-bond acceptors (Lipinski definition) is 5. The van der Waals surface area contributed by atoms with Crippen molar-refractivity contribution in [2.24, 2.45) is 0 Å². The number of rotatable bonds is 4. The Hall–Kier alpha value is -1.69. The summed E-state index contributed by atoms with van der Waals surface area (Å²) in [5.41, 5.74) is 1.01. The van der Waals surface area contributed by atoms with Crippen LogP contribution in [-0.4, -0.2) is 46.7 Å². The highest BCUT2D eigenvalue weighted by molar-refractivity contribution is 5.75. The monoisotopic (exact) mass is 292 g/mol. The summed E-state index contributed by atoms with van der Waals surface area (Å²) < 4.78 is 0. The molecule has 2 heterocycles. The Bertz CT molecular complexity index is 500. The molecule has 0 radical (unpaired) electrons. The molecule has 0 saturated carbocycles. The summed E-state index contributed by atoms with van der Waals surface area (Å²) in [6.45, 7) is 5.21. The van der Waals surface area contributed by atoms with Gasteiger partial charge >= 0.3 is 0 Å². The Balaban J connectivity index is 2.07. The first-order chi connectivity index (χ1) is 9.92. The predicted octanol–water partition coefficient (Wildman–Crippen LogP) is 0.951. The van der Waals surface area contributed by atoms with Crippen molar-refractivity contribution in [1.82, 2.24) is 15.3 Å². The van der Waals surface area contributed by atoms with Crippen LogP contribution in [0.2, 0.25) is 0 Å². The van der Waals surface area contributed by atoms with Crippen molar-refractivity contribution < 1.29 is 9.90 Å². The lowest BCUT2D eigenvalue weighted by molar-refractivity contribution is -0.122. The Morgan fingerprint density at radius 1 is 1.43 bits per heavy atom. The van der Waals surface area contributed by atoms with Crippen molar-refractivity contribution in [3.05, 3.63) is 17.5 Å². The van der Waals surface area contributed by atoms with E-state index in [0.717, 1.165) is 24.4 Å². The molecule has 1 atom stereocenters. The van der Waals surface area contributed by atoms with Gasteiger partial charge in [-0.1, -0.05) is 0 Å². The normalized spacial score (nSPS) is 22.2. The Morgan fingerprint density at radius 2 is 2.10 bits per heavy atom. The van der Waals surface area contributed by atoms with Gasteiger partial charge in [0, 0.05) is 37.9 Å². The number of aryl methyl sites for hydroxylation is 2. The quantitative estimate of drug-likeness (QED) is 0.864. The zero-order valence-corrected chi connectivity index (χ0v) is 13.0. The van der Waals surface area contributed by atoms with Crippen LogP contribution in [0.1, 0.15) is 37.1 Å². The van der Waals surface area contributed by atoms with Crippen molar-refractivity contribution in [1.29, 1.82) is 0 Å². The number of hydrogen-bond donors (Lipinski definition) is 2. The van der Waals surface area contributed by atoms with E-state index in [2.05, 4.69) is 15.3 Å². The highest BCUT2D eigenvalue weighted by Gasteiger charge is 2.34. The van der Waals surface area contributed by atoms with E-state index < -0.39 is 5.60 Å². The van der Waals surface area contributed by atoms with Crippen molar-refractivity contribution >= 4 is 11.9 Å². The highest BCUT2D eigenvalue weighted by atomic mass is 16.3. The van der Waals surface area contributed by atoms with E-state index in [1.54, 1.807) is 7.05 Å². The third kappa shape index (κ3) is 4.14. The molecule has 21 heavy (non-hydrogen) atoms. The molecule has 6 nitrogen and oxygen atoms in total. The summed E-state index contributed by atoms with van der Waals surface area (Å²) in [4.78, 5) is 22.3. The molecule has 1 aliphatic rings. The summed E-state index contributed by atoms with van der Waals surface area (Å²) in [6, 6.07) is 1.94. The molecule has 1 aromatic heterocycles. The van der Waals surface area contributed by atoms with Crippen molar-refractivity contribution in [3.63, 3.8) is 0 Å². The summed E-state index contributed by atoms with van der Waals surface area (Å²) >= 11 is 0. The lowest BCUT2D eigenvalue weighted by Crippen LogP contribution is -2.49. The maximum atomic E-state index is 11.4. The molecule has 1 fully saturated rings. The molecule has 116 valence electrons. The molecule has 6 heteroatoms. The van der Waals surface area contributed by atoms with E-state index in [1.807, 2.05) is 24.8 Å². The molecular weight excluding hydrogens is 268 g/mol. The first-order valence-corrected chi connectivity index (χ1v) is 7.42. The highest BCUT2D eigenvalue weighted by Crippen LogP contribution is 2.28. The van der Waals surface area contributed by atoms with E-state index in [9.17, 15) is 9.90 Å². The SMILES string of the molecule is CNC(=O)CC[C@]1(O)CCCN(c2nc(C)cc(C)n2)C1. The van der Waals surface area contributed by atoms with Crippen LogP contribution in [0.5, 0.6) is 0 Å². The lowest BCUT2D eigenvalue weighted by atomic mass is 9.88. The Labute approximate surface area is 125 Å². The van der Waals surface area contributed by atoms with Gasteiger partial charge in [0.1, 0.15) is 0 Å². The van der Waals surface area contributed by atoms with Gasteiger partial charge in [0.15, 0.2) is 0 Å². The first kappa shape index (κ1) is 15.7. The molecule has 0 bridgehead atoms. The third-order valence-electron chi connectivity index (χ3n) is 3.90. The van der Waals surface area contributed by atoms with E-state index in [1.165, 1.54) is 0 Å². The second-order valence-electron chi connectivity index (χ2n) is 5.87. The zero-order chi connectivity index (χ0) is 15.5. The van der Waals surface area contributed by atoms with Crippen LogP contribution in [0, 0.1) is 13.8 Å². The molecular formula is C15H24N4O2. The first-order valence-electron chi connectivity index (χ1n) is 7.42. The molecule has 2 N–H and O–H groups in total. The number of anilines is 1. The Morgan fingerprint density at radius 3 is 2.71 bits per heavy atom. The summed E-state index contributed by atoms with van der Waals surface area (Å²) in [6.07, 6.45) is 2.40. The number of carbonyl (C=O) groups is 1. The number of nitrogens with one attached hydrogen (secondary N) is 1. The van der Waals surface area contributed by atoms with E-state index in [4.69, 9.17) is 0 Å². The number of β-amino-alcohol motifs (C(OH)–C–C–N with tert-alkyl or cyclic N) is 1. The number of aliphatic hydroxyl groups is 1. The van der Waals surface area contributed by atoms with Crippen LogP contribution in [0.3, 0.4) is 0 Å². The van der Waals surface area contributed by atoms with Crippen LogP contribution in [0.25, 0.3) is 0 Å². The molecule has 0 aliphatic carbocycles. The van der Waals surface area contributed by atoms with E-state index in [-0.39, 0.29) is 5.91 Å². The van der Waals surface area contributed by atoms with E-state index in [0.29, 0.717) is 31.8 Å². The van der Waals surface area contributed by atoms with Gasteiger partial charge in [0.05, 0.1) is 5.60 Å². The minimum Gasteiger partial charge on any atom is -0.388 e. The van der Waals surface area contributed by atoms with Gasteiger partial charge in [-0.2, -0.15) is 0 Å². The maximum absolute atomic E-state index is 11.4. The number of aromatic nitrogens is 2. The Kier molecular flexibility index (Phi) is 4.77. The largest absolute Gasteiger partial charge is 0.388 e. The average molecular weight is 292 g/mol. The molecule has 1 aromatic rings. The lowest BCUT2D eigenvalue weighted by Gasteiger charge is -2.39. The topological polar surface area (TPSA) is 78.4 Å². The van der Waals surface area contributed by atoms with Crippen molar-refractivity contribution in [3.8, 4) is 0 Å². The summed E-state index contributed by atoms with van der Waals surface area (Å²) in [5, 5.41) is 13.3. The number of nitrogens with zero attached hydrogens (tertiary/aromatic N) is 3. The van der Waals surface area contributed by atoms with Crippen LogP contribution in [0.4, 0.5) is 5.95 Å². The minimum absolute atomic E-state index is 0.0387. The van der Waals surface area contributed by atoms with Crippen LogP contribution in [0.15, 0.2) is 6.07 Å². The zero-order valence-electron chi connectivity index (χ0n) is 13.0. The molecule has 0 unspecified atom stereocenters. The average Bonchev–Trinajstić information content (AvgIpc) is 2.44. The van der Waals surface area contributed by atoms with Gasteiger partial charge in [-0.05, 0) is 39.2 Å². The predicted molar refractivity (Wildman–Crippen MR) is 81.2 cm³/mol. The summed E-state index contributed by atoms with van der Waals surface area (Å²) in [7, 11) is 1.61. The van der Waals surface area contributed by atoms with Gasteiger partial charge in [-0.15, -0.1) is 0 Å². The van der Waals surface area contributed by atoms with Gasteiger partial charge < -0.3 is 15.3 Å². The number of amides is 1.